The highest BCUT2D eigenvalue weighted by atomic mass is 29.9. The molecule has 0 amide bonds. The number of carbonyl (C=O) groups excluding carboxylic acids is 1. The molecule has 33 heavy (non-hydrogen) atoms. The molecule has 196 valence electrons. The van der Waals surface area contributed by atoms with Gasteiger partial charge in [-0.25, -0.2) is 4.79 Å². The lowest BCUT2D eigenvalue weighted by molar-refractivity contribution is -0.137. The van der Waals surface area contributed by atoms with Crippen LogP contribution in [0.15, 0.2) is 12.2 Å². The molecule has 0 radical (unpaired) electrons. The summed E-state index contributed by atoms with van der Waals surface area (Å²) in [6, 6.07) is 0.882. The molecule has 0 rings (SSSR count). The number of carbonyl (C=O) groups is 1. The molecule has 0 heterocycles. The summed E-state index contributed by atoms with van der Waals surface area (Å²) in [6.07, 6.45) is 3.24. The average molecular weight is 583 g/mol. The minimum Gasteiger partial charge on any atom is -0.463 e. The van der Waals surface area contributed by atoms with Gasteiger partial charge in [-0.1, -0.05) is 6.08 Å². The quantitative estimate of drug-likeness (QED) is 0.133. The second-order valence-electron chi connectivity index (χ2n) is 13.5. The van der Waals surface area contributed by atoms with Crippen LogP contribution in [-0.4, -0.2) is 67.7 Å². The Morgan fingerprint density at radius 1 is 0.606 bits per heavy atom. The van der Waals surface area contributed by atoms with Gasteiger partial charge in [0.05, 0.1) is 6.61 Å². The maximum atomic E-state index is 12.2. The standard InChI is InChI=1S/C21H54O5Si7/c1-17-18-21(22)23-19-20-33(30(11,12)24-27(2,3)4,31(13,14)25-28(5,6)7)32(15,16)26-29(8,9)10/h17-18H,19-20H2,1-16H3. The van der Waals surface area contributed by atoms with E-state index in [1.54, 1.807) is 6.08 Å². The second-order valence-corrected chi connectivity index (χ2v) is 63.0. The molecule has 12 heteroatoms. The van der Waals surface area contributed by atoms with E-state index in [-0.39, 0.29) is 5.97 Å². The number of esters is 1. The highest BCUT2D eigenvalue weighted by Crippen LogP contribution is 2.44. The summed E-state index contributed by atoms with van der Waals surface area (Å²) in [5, 5.41) is 0. The van der Waals surface area contributed by atoms with Crippen molar-refractivity contribution in [2.45, 2.75) is 111 Å². The van der Waals surface area contributed by atoms with Crippen LogP contribution >= 0.6 is 0 Å². The van der Waals surface area contributed by atoms with Gasteiger partial charge in [0.15, 0.2) is 48.5 Å². The first-order valence-corrected chi connectivity index (χ1v) is 36.4. The Balaban J connectivity index is 7.03. The van der Waals surface area contributed by atoms with Crippen LogP contribution in [0.5, 0.6) is 0 Å². The minimum absolute atomic E-state index is 0.262. The maximum absolute atomic E-state index is 12.2. The van der Waals surface area contributed by atoms with Crippen molar-refractivity contribution in [3.05, 3.63) is 12.2 Å². The third kappa shape index (κ3) is 9.88. The summed E-state index contributed by atoms with van der Waals surface area (Å²) in [7, 11) is -12.3. The van der Waals surface area contributed by atoms with E-state index in [1.807, 2.05) is 6.92 Å². The largest absolute Gasteiger partial charge is 0.463 e. The average Bonchev–Trinajstić information content (AvgIpc) is 2.43. The fraction of sp³-hybridized carbons (Fsp3) is 0.857. The lowest BCUT2D eigenvalue weighted by atomic mass is 10.5. The van der Waals surface area contributed by atoms with Gasteiger partial charge in [0, 0.05) is 6.08 Å². The van der Waals surface area contributed by atoms with Crippen molar-refractivity contribution in [1.29, 1.82) is 0 Å². The number of hydrogen-bond donors (Lipinski definition) is 0. The van der Waals surface area contributed by atoms with E-state index in [9.17, 15) is 4.79 Å². The van der Waals surface area contributed by atoms with Crippen molar-refractivity contribution in [3.63, 3.8) is 0 Å². The third-order valence-corrected chi connectivity index (χ3v) is 82.4. The van der Waals surface area contributed by atoms with Gasteiger partial charge >= 0.3 is 5.97 Å². The van der Waals surface area contributed by atoms with E-state index >= 15 is 0 Å². The van der Waals surface area contributed by atoms with Crippen LogP contribution in [-0.2, 0) is 21.9 Å². The van der Waals surface area contributed by atoms with Gasteiger partial charge < -0.3 is 17.1 Å². The number of hydrogen-bond acceptors (Lipinski definition) is 5. The van der Waals surface area contributed by atoms with Crippen molar-refractivity contribution in [3.8, 4) is 0 Å². The van der Waals surface area contributed by atoms with Gasteiger partial charge in [0.25, 0.3) is 0 Å². The molecule has 0 spiro atoms. The van der Waals surface area contributed by atoms with Gasteiger partial charge in [-0.05, 0) is 111 Å². The van der Waals surface area contributed by atoms with Crippen molar-refractivity contribution >= 4 is 61.1 Å². The molecule has 0 fully saturated rings. The molecular weight excluding hydrogens is 529 g/mol. The number of rotatable bonds is 13. The molecule has 0 N–H and O–H groups in total. The first-order valence-electron chi connectivity index (χ1n) is 12.2. The Labute approximate surface area is 212 Å². The SMILES string of the molecule is CC=CC(=O)OCC[Si]([Si](C)(C)O[Si](C)(C)C)([Si](C)(C)O[Si](C)(C)C)[Si](C)(C)O[Si](C)(C)C. The summed E-state index contributed by atoms with van der Waals surface area (Å²) in [5.41, 5.74) is 0. The fourth-order valence-electron chi connectivity index (χ4n) is 6.12. The monoisotopic (exact) mass is 582 g/mol. The lowest BCUT2D eigenvalue weighted by Crippen LogP contribution is -2.89. The van der Waals surface area contributed by atoms with E-state index in [0.717, 1.165) is 6.04 Å². The normalized spacial score (nSPS) is 15.3. The lowest BCUT2D eigenvalue weighted by Gasteiger charge is -2.60. The Morgan fingerprint density at radius 3 is 1.15 bits per heavy atom. The van der Waals surface area contributed by atoms with Gasteiger partial charge in [-0.2, -0.15) is 0 Å². The molecule has 0 aliphatic rings. The Hall–Kier alpha value is 0.608. The van der Waals surface area contributed by atoms with Crippen LogP contribution < -0.4 is 0 Å². The predicted molar refractivity (Wildman–Crippen MR) is 162 cm³/mol. The van der Waals surface area contributed by atoms with E-state index in [1.165, 1.54) is 6.08 Å². The molecular formula is C21H54O5Si7. The van der Waals surface area contributed by atoms with Gasteiger partial charge in [-0.15, -0.1) is 0 Å². The molecule has 0 aromatic heterocycles. The zero-order chi connectivity index (χ0) is 26.7. The molecule has 0 aromatic carbocycles. The summed E-state index contributed by atoms with van der Waals surface area (Å²) < 4.78 is 27.4. The molecule has 0 saturated carbocycles. The topological polar surface area (TPSA) is 54.0 Å². The molecule has 0 bridgehead atoms. The maximum Gasteiger partial charge on any atom is 0.330 e. The Bertz CT molecular complexity index is 617. The van der Waals surface area contributed by atoms with E-state index in [0.29, 0.717) is 6.61 Å². The molecule has 0 aliphatic carbocycles. The predicted octanol–water partition coefficient (Wildman–Crippen LogP) is 6.96. The second kappa shape index (κ2) is 11.3. The summed E-state index contributed by atoms with van der Waals surface area (Å²) in [5.74, 6) is -0.262. The molecule has 0 unspecified atom stereocenters. The first-order chi connectivity index (χ1) is 14.3. The zero-order valence-corrected chi connectivity index (χ0v) is 31.6. The molecule has 0 aromatic rings. The van der Waals surface area contributed by atoms with Gasteiger partial charge in [-0.3, -0.25) is 0 Å². The van der Waals surface area contributed by atoms with Crippen LogP contribution in [0.25, 0.3) is 0 Å². The van der Waals surface area contributed by atoms with Gasteiger partial charge in [0.1, 0.15) is 6.63 Å². The Kier molecular flexibility index (Phi) is 11.5. The van der Waals surface area contributed by atoms with Crippen LogP contribution in [0.1, 0.15) is 6.92 Å². The Morgan fingerprint density at radius 2 is 0.909 bits per heavy atom. The van der Waals surface area contributed by atoms with Crippen molar-refractivity contribution in [1.82, 2.24) is 0 Å². The smallest absolute Gasteiger partial charge is 0.330 e. The number of ether oxygens (including phenoxy) is 1. The van der Waals surface area contributed by atoms with E-state index in [4.69, 9.17) is 17.1 Å². The van der Waals surface area contributed by atoms with Crippen LogP contribution in [0.2, 0.25) is 104 Å². The highest BCUT2D eigenvalue weighted by molar-refractivity contribution is 7.88. The van der Waals surface area contributed by atoms with Crippen LogP contribution in [0.4, 0.5) is 0 Å². The molecule has 5 nitrogen and oxygen atoms in total. The number of allylic oxidation sites excluding steroid dienone is 1. The van der Waals surface area contributed by atoms with E-state index < -0.39 is 55.1 Å². The summed E-state index contributed by atoms with van der Waals surface area (Å²) in [4.78, 5) is 12.2. The summed E-state index contributed by atoms with van der Waals surface area (Å²) >= 11 is 0. The first kappa shape index (κ1) is 33.6. The van der Waals surface area contributed by atoms with Crippen LogP contribution in [0, 0.1) is 0 Å². The van der Waals surface area contributed by atoms with Gasteiger partial charge in [0.2, 0.25) is 0 Å². The summed E-state index contributed by atoms with van der Waals surface area (Å²) in [6.45, 7) is 35.3. The minimum atomic E-state index is -2.34. The molecule has 0 saturated heterocycles. The van der Waals surface area contributed by atoms with Crippen molar-refractivity contribution in [2.75, 3.05) is 6.61 Å². The van der Waals surface area contributed by atoms with Crippen molar-refractivity contribution < 1.29 is 21.9 Å². The fourth-order valence-corrected chi connectivity index (χ4v) is 113. The van der Waals surface area contributed by atoms with Crippen LogP contribution in [0.3, 0.4) is 0 Å². The van der Waals surface area contributed by atoms with Crippen molar-refractivity contribution in [2.24, 2.45) is 0 Å². The molecule has 0 aliphatic heterocycles. The van der Waals surface area contributed by atoms with E-state index in [2.05, 4.69) is 98.2 Å². The highest BCUT2D eigenvalue weighted by Gasteiger charge is 2.71. The zero-order valence-electron chi connectivity index (χ0n) is 24.6. The third-order valence-electron chi connectivity index (χ3n) is 5.79. The molecule has 0 atom stereocenters.